The molecule has 10 heavy (non-hydrogen) atoms. The largest absolute Gasteiger partial charge is 0.300 e. The minimum absolute atomic E-state index is 0.270. The van der Waals surface area contributed by atoms with Crippen molar-refractivity contribution in [2.45, 2.75) is 41.0 Å². The van der Waals surface area contributed by atoms with E-state index in [-0.39, 0.29) is 5.41 Å². The number of Topliss-reactive ketones (excluding diaryl/α,β-unsaturated/α-hetero) is 1. The molecule has 0 heterocycles. The summed E-state index contributed by atoms with van der Waals surface area (Å²) in [6.45, 7) is 10.3. The lowest BCUT2D eigenvalue weighted by Crippen LogP contribution is -2.19. The van der Waals surface area contributed by atoms with Crippen molar-refractivity contribution >= 4 is 5.78 Å². The number of rotatable bonds is 2. The lowest BCUT2D eigenvalue weighted by atomic mass is 9.79. The Balaban J connectivity index is 3.85. The van der Waals surface area contributed by atoms with E-state index >= 15 is 0 Å². The van der Waals surface area contributed by atoms with Crippen LogP contribution in [0.3, 0.4) is 0 Å². The molecule has 0 aromatic carbocycles. The second kappa shape index (κ2) is 3.18. The number of hydrogen-bond donors (Lipinski definition) is 0. The molecular weight excluding hydrogens is 124 g/mol. The van der Waals surface area contributed by atoms with Crippen LogP contribution in [-0.4, -0.2) is 5.78 Å². The van der Waals surface area contributed by atoms with Gasteiger partial charge in [-0.3, -0.25) is 0 Å². The Bertz CT molecular complexity index is 119. The second-order valence-corrected chi connectivity index (χ2v) is 4.17. The van der Waals surface area contributed by atoms with E-state index in [1.54, 1.807) is 6.92 Å². The Morgan fingerprint density at radius 2 is 1.80 bits per heavy atom. The van der Waals surface area contributed by atoms with Crippen LogP contribution in [0.5, 0.6) is 0 Å². The summed E-state index contributed by atoms with van der Waals surface area (Å²) in [6, 6.07) is 0. The molecule has 0 saturated carbocycles. The van der Waals surface area contributed by atoms with Crippen molar-refractivity contribution < 1.29 is 4.79 Å². The molecule has 0 spiro atoms. The molecule has 0 saturated heterocycles. The monoisotopic (exact) mass is 142 g/mol. The molecule has 0 bridgehead atoms. The molecule has 0 aliphatic heterocycles. The Morgan fingerprint density at radius 1 is 1.40 bits per heavy atom. The fourth-order valence-corrected chi connectivity index (χ4v) is 0.737. The van der Waals surface area contributed by atoms with Crippen molar-refractivity contribution in [3.8, 4) is 0 Å². The summed E-state index contributed by atoms with van der Waals surface area (Å²) < 4.78 is 0. The molecule has 0 aliphatic rings. The van der Waals surface area contributed by atoms with Crippen molar-refractivity contribution in [3.05, 3.63) is 0 Å². The van der Waals surface area contributed by atoms with Gasteiger partial charge in [-0.1, -0.05) is 27.7 Å². The van der Waals surface area contributed by atoms with E-state index in [1.807, 2.05) is 0 Å². The van der Waals surface area contributed by atoms with Crippen LogP contribution in [0, 0.1) is 11.3 Å². The fourth-order valence-electron chi connectivity index (χ4n) is 0.737. The lowest BCUT2D eigenvalue weighted by Gasteiger charge is -2.25. The summed E-state index contributed by atoms with van der Waals surface area (Å²) in [5.41, 5.74) is 0.270. The molecule has 0 rings (SSSR count). The summed E-state index contributed by atoms with van der Waals surface area (Å²) in [5, 5.41) is 0. The van der Waals surface area contributed by atoms with Gasteiger partial charge in [-0.15, -0.1) is 0 Å². The molecule has 1 atom stereocenters. The SMILES string of the molecule is CC(=O)C[C@@H](C)C(C)(C)C. The van der Waals surface area contributed by atoms with Gasteiger partial charge < -0.3 is 4.79 Å². The molecule has 0 amide bonds. The first kappa shape index (κ1) is 9.67. The summed E-state index contributed by atoms with van der Waals surface area (Å²) >= 11 is 0. The zero-order chi connectivity index (χ0) is 8.36. The normalized spacial score (nSPS) is 14.9. The highest BCUT2D eigenvalue weighted by Gasteiger charge is 2.20. The maximum Gasteiger partial charge on any atom is 0.130 e. The van der Waals surface area contributed by atoms with Crippen LogP contribution in [0.2, 0.25) is 0 Å². The highest BCUT2D eigenvalue weighted by atomic mass is 16.1. The third kappa shape index (κ3) is 3.65. The third-order valence-electron chi connectivity index (χ3n) is 2.07. The molecule has 0 radical (unpaired) electrons. The van der Waals surface area contributed by atoms with Gasteiger partial charge in [-0.2, -0.15) is 0 Å². The molecule has 60 valence electrons. The average Bonchev–Trinajstić information content (AvgIpc) is 1.60. The topological polar surface area (TPSA) is 17.1 Å². The van der Waals surface area contributed by atoms with Crippen LogP contribution in [0.4, 0.5) is 0 Å². The molecule has 0 aliphatic carbocycles. The van der Waals surface area contributed by atoms with Gasteiger partial charge in [0.25, 0.3) is 0 Å². The van der Waals surface area contributed by atoms with Gasteiger partial charge in [0.2, 0.25) is 0 Å². The van der Waals surface area contributed by atoms with E-state index in [0.29, 0.717) is 18.1 Å². The molecule has 0 aromatic heterocycles. The van der Waals surface area contributed by atoms with Gasteiger partial charge in [-0.05, 0) is 18.3 Å². The van der Waals surface area contributed by atoms with Gasteiger partial charge in [0.15, 0.2) is 0 Å². The van der Waals surface area contributed by atoms with Gasteiger partial charge in [0.1, 0.15) is 5.78 Å². The van der Waals surface area contributed by atoms with Crippen molar-refractivity contribution in [3.63, 3.8) is 0 Å². The van der Waals surface area contributed by atoms with Gasteiger partial charge >= 0.3 is 0 Å². The zero-order valence-electron chi connectivity index (χ0n) is 7.69. The van der Waals surface area contributed by atoms with E-state index < -0.39 is 0 Å². The molecular formula is C9H18O. The van der Waals surface area contributed by atoms with Crippen LogP contribution < -0.4 is 0 Å². The number of ketones is 1. The Morgan fingerprint density at radius 3 is 1.90 bits per heavy atom. The summed E-state index contributed by atoms with van der Waals surface area (Å²) in [4.78, 5) is 10.7. The minimum atomic E-state index is 0.270. The van der Waals surface area contributed by atoms with Crippen molar-refractivity contribution in [1.29, 1.82) is 0 Å². The first-order chi connectivity index (χ1) is 4.34. The van der Waals surface area contributed by atoms with Crippen LogP contribution in [0.15, 0.2) is 0 Å². The highest BCUT2D eigenvalue weighted by Crippen LogP contribution is 2.27. The van der Waals surface area contributed by atoms with E-state index in [1.165, 1.54) is 0 Å². The van der Waals surface area contributed by atoms with Crippen molar-refractivity contribution in [1.82, 2.24) is 0 Å². The van der Waals surface area contributed by atoms with E-state index in [9.17, 15) is 4.79 Å². The van der Waals surface area contributed by atoms with E-state index in [4.69, 9.17) is 0 Å². The first-order valence-electron chi connectivity index (χ1n) is 3.83. The summed E-state index contributed by atoms with van der Waals surface area (Å²) in [6.07, 6.45) is 0.712. The quantitative estimate of drug-likeness (QED) is 0.579. The van der Waals surface area contributed by atoms with Gasteiger partial charge in [0.05, 0.1) is 0 Å². The van der Waals surface area contributed by atoms with Crippen LogP contribution in [-0.2, 0) is 4.79 Å². The summed E-state index contributed by atoms with van der Waals surface area (Å²) in [7, 11) is 0. The Kier molecular flexibility index (Phi) is 3.07. The van der Waals surface area contributed by atoms with Gasteiger partial charge in [-0.25, -0.2) is 0 Å². The number of carbonyl (C=O) groups excluding carboxylic acids is 1. The molecule has 1 heteroatoms. The Hall–Kier alpha value is -0.330. The zero-order valence-corrected chi connectivity index (χ0v) is 7.69. The molecule has 0 unspecified atom stereocenters. The standard InChI is InChI=1S/C9H18O/c1-7(6-8(2)10)9(3,4)5/h7H,6H2,1-5H3/t7-/m1/s1. The van der Waals surface area contributed by atoms with Gasteiger partial charge in [0, 0.05) is 6.42 Å². The Labute approximate surface area is 63.8 Å². The highest BCUT2D eigenvalue weighted by molar-refractivity contribution is 5.75. The predicted octanol–water partition coefficient (Wildman–Crippen LogP) is 2.65. The fraction of sp³-hybridized carbons (Fsp3) is 0.889. The molecule has 0 aromatic rings. The van der Waals surface area contributed by atoms with Crippen molar-refractivity contribution in [2.75, 3.05) is 0 Å². The maximum atomic E-state index is 10.7. The van der Waals surface area contributed by atoms with Crippen LogP contribution >= 0.6 is 0 Å². The number of carbonyl (C=O) groups is 1. The molecule has 0 N–H and O–H groups in total. The van der Waals surface area contributed by atoms with Crippen LogP contribution in [0.25, 0.3) is 0 Å². The number of hydrogen-bond acceptors (Lipinski definition) is 1. The summed E-state index contributed by atoms with van der Waals surface area (Å²) in [5.74, 6) is 0.785. The van der Waals surface area contributed by atoms with Crippen molar-refractivity contribution in [2.24, 2.45) is 11.3 Å². The smallest absolute Gasteiger partial charge is 0.130 e. The lowest BCUT2D eigenvalue weighted by molar-refractivity contribution is -0.118. The van der Waals surface area contributed by atoms with E-state index in [2.05, 4.69) is 27.7 Å². The maximum absolute atomic E-state index is 10.7. The second-order valence-electron chi connectivity index (χ2n) is 4.17. The third-order valence-corrected chi connectivity index (χ3v) is 2.07. The van der Waals surface area contributed by atoms with E-state index in [0.717, 1.165) is 0 Å². The van der Waals surface area contributed by atoms with Crippen LogP contribution in [0.1, 0.15) is 41.0 Å². The average molecular weight is 142 g/mol. The predicted molar refractivity (Wildman–Crippen MR) is 43.9 cm³/mol. The minimum Gasteiger partial charge on any atom is -0.300 e. The molecule has 0 fully saturated rings. The molecule has 1 nitrogen and oxygen atoms in total. The first-order valence-corrected chi connectivity index (χ1v) is 3.83.